The Morgan fingerprint density at radius 3 is 2.50 bits per heavy atom. The van der Waals surface area contributed by atoms with Gasteiger partial charge < -0.3 is 14.2 Å². The second-order valence-corrected chi connectivity index (χ2v) is 3.19. The third-order valence-electron chi connectivity index (χ3n) is 1.88. The molecular formula is C12H11F3O3. The van der Waals surface area contributed by atoms with Crippen molar-refractivity contribution in [2.45, 2.75) is 6.36 Å². The topological polar surface area (TPSA) is 27.7 Å². The molecule has 0 unspecified atom stereocenters. The fourth-order valence-corrected chi connectivity index (χ4v) is 1.15. The minimum atomic E-state index is -4.78. The van der Waals surface area contributed by atoms with Gasteiger partial charge in [-0.1, -0.05) is 5.92 Å². The van der Waals surface area contributed by atoms with E-state index in [0.29, 0.717) is 5.56 Å². The number of hydrogen-bond acceptors (Lipinski definition) is 3. The first kappa shape index (κ1) is 14.2. The molecule has 0 aliphatic carbocycles. The molecule has 0 spiro atoms. The quantitative estimate of drug-likeness (QED) is 0.601. The van der Waals surface area contributed by atoms with E-state index in [2.05, 4.69) is 10.7 Å². The van der Waals surface area contributed by atoms with E-state index >= 15 is 0 Å². The zero-order valence-electron chi connectivity index (χ0n) is 9.58. The Balaban J connectivity index is 2.90. The first-order valence-electron chi connectivity index (χ1n) is 4.94. The average molecular weight is 260 g/mol. The van der Waals surface area contributed by atoms with E-state index in [9.17, 15) is 13.2 Å². The van der Waals surface area contributed by atoms with Gasteiger partial charge in [-0.05, 0) is 18.2 Å². The average Bonchev–Trinajstić information content (AvgIpc) is 2.29. The number of halogens is 3. The smallest absolute Gasteiger partial charge is 0.487 e. The van der Waals surface area contributed by atoms with Crippen LogP contribution in [0.2, 0.25) is 0 Å². The number of terminal acetylenes is 1. The second kappa shape index (κ2) is 6.17. The van der Waals surface area contributed by atoms with Crippen molar-refractivity contribution in [2.75, 3.05) is 20.3 Å². The third-order valence-corrected chi connectivity index (χ3v) is 1.88. The van der Waals surface area contributed by atoms with Gasteiger partial charge in [0.2, 0.25) is 0 Å². The van der Waals surface area contributed by atoms with E-state index in [1.807, 2.05) is 0 Å². The largest absolute Gasteiger partial charge is 0.573 e. The summed E-state index contributed by atoms with van der Waals surface area (Å²) < 4.78 is 50.1. The maximum atomic E-state index is 12.1. The van der Waals surface area contributed by atoms with Crippen molar-refractivity contribution < 1.29 is 27.4 Å². The lowest BCUT2D eigenvalue weighted by Crippen LogP contribution is -2.18. The van der Waals surface area contributed by atoms with Crippen LogP contribution in [-0.4, -0.2) is 26.7 Å². The number of alkyl halides is 3. The summed E-state index contributed by atoms with van der Waals surface area (Å²) in [7, 11) is 1.45. The van der Waals surface area contributed by atoms with Crippen molar-refractivity contribution in [1.82, 2.24) is 0 Å². The predicted molar refractivity (Wildman–Crippen MR) is 58.4 cm³/mol. The Morgan fingerprint density at radius 1 is 1.22 bits per heavy atom. The van der Waals surface area contributed by atoms with Crippen LogP contribution in [0, 0.1) is 12.3 Å². The van der Waals surface area contributed by atoms with Crippen LogP contribution >= 0.6 is 0 Å². The molecule has 0 saturated carbocycles. The molecule has 6 heteroatoms. The van der Waals surface area contributed by atoms with Crippen LogP contribution in [0.4, 0.5) is 13.2 Å². The zero-order valence-corrected chi connectivity index (χ0v) is 9.58. The highest BCUT2D eigenvalue weighted by molar-refractivity contribution is 5.47. The van der Waals surface area contributed by atoms with Crippen molar-refractivity contribution in [3.63, 3.8) is 0 Å². The van der Waals surface area contributed by atoms with Gasteiger partial charge in [0.05, 0.1) is 6.61 Å². The first-order chi connectivity index (χ1) is 8.46. The predicted octanol–water partition coefficient (Wildman–Crippen LogP) is 2.59. The minimum Gasteiger partial charge on any atom is -0.487 e. The van der Waals surface area contributed by atoms with Gasteiger partial charge in [-0.15, -0.1) is 19.6 Å². The Labute approximate surface area is 102 Å². The van der Waals surface area contributed by atoms with Gasteiger partial charge in [0, 0.05) is 12.7 Å². The summed E-state index contributed by atoms with van der Waals surface area (Å²) in [5.74, 6) is 1.80. The molecule has 98 valence electrons. The fraction of sp³-hybridized carbons (Fsp3) is 0.333. The van der Waals surface area contributed by atoms with Crippen molar-refractivity contribution in [2.24, 2.45) is 0 Å². The lowest BCUT2D eigenvalue weighted by Gasteiger charge is -2.14. The summed E-state index contributed by atoms with van der Waals surface area (Å²) in [6, 6.07) is 3.76. The van der Waals surface area contributed by atoms with E-state index < -0.39 is 12.1 Å². The molecule has 0 fully saturated rings. The van der Waals surface area contributed by atoms with E-state index in [1.165, 1.54) is 19.2 Å². The number of benzene rings is 1. The van der Waals surface area contributed by atoms with Gasteiger partial charge in [-0.25, -0.2) is 0 Å². The highest BCUT2D eigenvalue weighted by Crippen LogP contribution is 2.32. The zero-order chi connectivity index (χ0) is 13.6. The van der Waals surface area contributed by atoms with Gasteiger partial charge in [0.1, 0.15) is 6.61 Å². The molecular weight excluding hydrogens is 249 g/mol. The maximum absolute atomic E-state index is 12.1. The lowest BCUT2D eigenvalue weighted by atomic mass is 10.2. The highest BCUT2D eigenvalue weighted by Gasteiger charge is 2.32. The second-order valence-electron chi connectivity index (χ2n) is 3.19. The number of methoxy groups -OCH3 is 1. The van der Waals surface area contributed by atoms with Crippen LogP contribution in [0.5, 0.6) is 11.5 Å². The van der Waals surface area contributed by atoms with Crippen molar-refractivity contribution in [3.8, 4) is 23.8 Å². The summed E-state index contributed by atoms with van der Waals surface area (Å²) in [5.41, 5.74) is 0.400. The molecule has 0 N–H and O–H groups in total. The number of ether oxygens (including phenoxy) is 3. The van der Waals surface area contributed by atoms with Gasteiger partial charge in [-0.2, -0.15) is 0 Å². The summed E-state index contributed by atoms with van der Waals surface area (Å²) >= 11 is 0. The fourth-order valence-electron chi connectivity index (χ4n) is 1.15. The summed E-state index contributed by atoms with van der Waals surface area (Å²) in [6.45, 7) is 0.338. The monoisotopic (exact) mass is 260 g/mol. The molecule has 3 nitrogen and oxygen atoms in total. The number of rotatable bonds is 5. The van der Waals surface area contributed by atoms with E-state index in [0.717, 1.165) is 6.07 Å². The Hall–Kier alpha value is -1.87. The van der Waals surface area contributed by atoms with Crippen molar-refractivity contribution in [3.05, 3.63) is 23.8 Å². The van der Waals surface area contributed by atoms with E-state index in [1.54, 1.807) is 0 Å². The van der Waals surface area contributed by atoms with Crippen molar-refractivity contribution in [1.29, 1.82) is 0 Å². The van der Waals surface area contributed by atoms with Crippen molar-refractivity contribution >= 4 is 0 Å². The minimum absolute atomic E-state index is 0.0696. The molecule has 0 heterocycles. The third kappa shape index (κ3) is 4.55. The molecule has 18 heavy (non-hydrogen) atoms. The SMILES string of the molecule is C#Cc1ccc(OC(F)(F)F)c(OCCOC)c1. The van der Waals surface area contributed by atoms with Crippen LogP contribution in [0.15, 0.2) is 18.2 Å². The van der Waals surface area contributed by atoms with E-state index in [-0.39, 0.29) is 19.0 Å². The first-order valence-corrected chi connectivity index (χ1v) is 4.94. The van der Waals surface area contributed by atoms with Gasteiger partial charge in [-0.3, -0.25) is 0 Å². The Bertz CT molecular complexity index is 435. The molecule has 1 rings (SSSR count). The molecule has 0 bridgehead atoms. The molecule has 0 atom stereocenters. The number of hydrogen-bond donors (Lipinski definition) is 0. The van der Waals surface area contributed by atoms with Crippen LogP contribution in [-0.2, 0) is 4.74 Å². The summed E-state index contributed by atoms with van der Waals surface area (Å²) in [5, 5.41) is 0. The normalized spacial score (nSPS) is 10.8. The molecule has 0 radical (unpaired) electrons. The Kier molecular flexibility index (Phi) is 4.86. The van der Waals surface area contributed by atoms with Gasteiger partial charge in [0.25, 0.3) is 0 Å². The molecule has 0 aromatic heterocycles. The van der Waals surface area contributed by atoms with Crippen LogP contribution in [0.25, 0.3) is 0 Å². The molecule has 0 aliphatic heterocycles. The molecule has 1 aromatic rings. The molecule has 0 aliphatic rings. The maximum Gasteiger partial charge on any atom is 0.573 e. The molecule has 0 amide bonds. The van der Waals surface area contributed by atoms with Crippen LogP contribution in [0.1, 0.15) is 5.56 Å². The van der Waals surface area contributed by atoms with Crippen LogP contribution in [0.3, 0.4) is 0 Å². The standard InChI is InChI=1S/C12H11F3O3/c1-3-9-4-5-10(18-12(13,14)15)11(8-9)17-7-6-16-2/h1,4-5,8H,6-7H2,2H3. The van der Waals surface area contributed by atoms with E-state index in [4.69, 9.17) is 15.9 Å². The summed E-state index contributed by atoms with van der Waals surface area (Å²) in [4.78, 5) is 0. The highest BCUT2D eigenvalue weighted by atomic mass is 19.4. The summed E-state index contributed by atoms with van der Waals surface area (Å²) in [6.07, 6.45) is 0.377. The van der Waals surface area contributed by atoms with Crippen LogP contribution < -0.4 is 9.47 Å². The molecule has 1 aromatic carbocycles. The van der Waals surface area contributed by atoms with Gasteiger partial charge >= 0.3 is 6.36 Å². The lowest BCUT2D eigenvalue weighted by molar-refractivity contribution is -0.275. The van der Waals surface area contributed by atoms with Gasteiger partial charge in [0.15, 0.2) is 11.5 Å². The Morgan fingerprint density at radius 2 is 1.94 bits per heavy atom. The molecule has 0 saturated heterocycles.